The van der Waals surface area contributed by atoms with Crippen molar-refractivity contribution < 1.29 is 9.53 Å². The van der Waals surface area contributed by atoms with E-state index in [9.17, 15) is 4.79 Å². The van der Waals surface area contributed by atoms with Crippen molar-refractivity contribution >= 4 is 11.7 Å². The van der Waals surface area contributed by atoms with Gasteiger partial charge in [0, 0.05) is 11.7 Å². The highest BCUT2D eigenvalue weighted by Crippen LogP contribution is 2.18. The number of esters is 1. The third-order valence-corrected chi connectivity index (χ3v) is 3.07. The summed E-state index contributed by atoms with van der Waals surface area (Å²) < 4.78 is 5.07. The number of benzene rings is 1. The Morgan fingerprint density at radius 1 is 1.26 bits per heavy atom. The van der Waals surface area contributed by atoms with Gasteiger partial charge in [0.05, 0.1) is 12.2 Å². The van der Waals surface area contributed by atoms with Crippen molar-refractivity contribution in [2.24, 2.45) is 0 Å². The van der Waals surface area contributed by atoms with Crippen LogP contribution in [0.4, 0.5) is 5.69 Å². The van der Waals surface area contributed by atoms with Crippen LogP contribution >= 0.6 is 0 Å². The first-order chi connectivity index (χ1) is 9.19. The number of para-hydroxylation sites is 1. The number of unbranched alkanes of at least 4 members (excludes halogenated alkanes) is 2. The predicted octanol–water partition coefficient (Wildman–Crippen LogP) is 4.24. The molecule has 0 spiro atoms. The van der Waals surface area contributed by atoms with Gasteiger partial charge in [0.15, 0.2) is 0 Å². The number of hydrogen-bond donors (Lipinski definition) is 1. The molecule has 1 atom stereocenters. The Labute approximate surface area is 116 Å². The van der Waals surface area contributed by atoms with Crippen LogP contribution in [0.3, 0.4) is 0 Å². The summed E-state index contributed by atoms with van der Waals surface area (Å²) in [5.41, 5.74) is 1.48. The predicted molar refractivity (Wildman–Crippen MR) is 79.6 cm³/mol. The molecule has 19 heavy (non-hydrogen) atoms. The molecule has 0 saturated carbocycles. The van der Waals surface area contributed by atoms with Crippen LogP contribution in [0.2, 0.25) is 0 Å². The lowest BCUT2D eigenvalue weighted by molar-refractivity contribution is 0.0527. The van der Waals surface area contributed by atoms with Gasteiger partial charge in [-0.2, -0.15) is 0 Å². The molecule has 0 heterocycles. The largest absolute Gasteiger partial charge is 0.462 e. The highest BCUT2D eigenvalue weighted by Gasteiger charge is 2.13. The van der Waals surface area contributed by atoms with E-state index in [-0.39, 0.29) is 5.97 Å². The molecule has 3 heteroatoms. The summed E-state index contributed by atoms with van der Waals surface area (Å²) in [6.45, 7) is 6.58. The molecular formula is C16H25NO2. The number of anilines is 1. The molecule has 1 aromatic carbocycles. The van der Waals surface area contributed by atoms with Gasteiger partial charge in [0.25, 0.3) is 0 Å². The van der Waals surface area contributed by atoms with E-state index in [1.807, 2.05) is 25.1 Å². The maximum atomic E-state index is 11.8. The molecule has 0 fully saturated rings. The van der Waals surface area contributed by atoms with Crippen molar-refractivity contribution in [1.82, 2.24) is 0 Å². The Morgan fingerprint density at radius 3 is 2.68 bits per heavy atom. The molecule has 0 aliphatic rings. The van der Waals surface area contributed by atoms with Crippen LogP contribution in [-0.4, -0.2) is 18.6 Å². The minimum absolute atomic E-state index is 0.258. The van der Waals surface area contributed by atoms with Crippen molar-refractivity contribution in [3.8, 4) is 0 Å². The summed E-state index contributed by atoms with van der Waals surface area (Å²) in [4.78, 5) is 11.8. The first kappa shape index (κ1) is 15.5. The van der Waals surface area contributed by atoms with Crippen LogP contribution in [0.5, 0.6) is 0 Å². The van der Waals surface area contributed by atoms with Gasteiger partial charge in [0.1, 0.15) is 0 Å². The molecule has 0 aliphatic heterocycles. The summed E-state index contributed by atoms with van der Waals surface area (Å²) in [7, 11) is 0. The van der Waals surface area contributed by atoms with Crippen LogP contribution in [0.1, 0.15) is 56.8 Å². The minimum atomic E-state index is -0.258. The molecule has 0 aliphatic carbocycles. The molecule has 0 saturated heterocycles. The van der Waals surface area contributed by atoms with E-state index >= 15 is 0 Å². The summed E-state index contributed by atoms with van der Waals surface area (Å²) >= 11 is 0. The van der Waals surface area contributed by atoms with Gasteiger partial charge in [-0.3, -0.25) is 0 Å². The van der Waals surface area contributed by atoms with E-state index in [0.717, 1.165) is 12.1 Å². The average molecular weight is 263 g/mol. The number of carbonyl (C=O) groups is 1. The normalized spacial score (nSPS) is 11.9. The standard InChI is InChI=1S/C16H25NO2/c1-4-6-7-10-13(3)17-15-12-9-8-11-14(15)16(18)19-5-2/h8-9,11-13,17H,4-7,10H2,1-3H3. The van der Waals surface area contributed by atoms with Gasteiger partial charge in [-0.05, 0) is 32.4 Å². The monoisotopic (exact) mass is 263 g/mol. The second-order valence-electron chi connectivity index (χ2n) is 4.81. The van der Waals surface area contributed by atoms with E-state index < -0.39 is 0 Å². The Kier molecular flexibility index (Phi) is 7.01. The van der Waals surface area contributed by atoms with Crippen LogP contribution in [0, 0.1) is 0 Å². The Morgan fingerprint density at radius 2 is 2.00 bits per heavy atom. The molecule has 1 aromatic rings. The summed E-state index contributed by atoms with van der Waals surface area (Å²) in [5.74, 6) is -0.258. The van der Waals surface area contributed by atoms with E-state index in [4.69, 9.17) is 4.74 Å². The lowest BCUT2D eigenvalue weighted by atomic mass is 10.1. The van der Waals surface area contributed by atoms with Gasteiger partial charge in [-0.25, -0.2) is 4.79 Å². The number of carbonyl (C=O) groups excluding carboxylic acids is 1. The number of nitrogens with one attached hydrogen (secondary N) is 1. The molecule has 106 valence electrons. The van der Waals surface area contributed by atoms with Gasteiger partial charge in [-0.1, -0.05) is 38.3 Å². The van der Waals surface area contributed by atoms with Crippen LogP contribution in [-0.2, 0) is 4.74 Å². The zero-order valence-corrected chi connectivity index (χ0v) is 12.2. The van der Waals surface area contributed by atoms with Crippen molar-refractivity contribution in [3.63, 3.8) is 0 Å². The fourth-order valence-corrected chi connectivity index (χ4v) is 2.03. The molecule has 1 unspecified atom stereocenters. The highest BCUT2D eigenvalue weighted by atomic mass is 16.5. The van der Waals surface area contributed by atoms with E-state index in [2.05, 4.69) is 19.2 Å². The van der Waals surface area contributed by atoms with Crippen LogP contribution < -0.4 is 5.32 Å². The molecule has 0 amide bonds. The lowest BCUT2D eigenvalue weighted by Crippen LogP contribution is -2.18. The Balaban J connectivity index is 2.64. The summed E-state index contributed by atoms with van der Waals surface area (Å²) in [5, 5.41) is 3.41. The van der Waals surface area contributed by atoms with Crippen LogP contribution in [0.15, 0.2) is 24.3 Å². The highest BCUT2D eigenvalue weighted by molar-refractivity contribution is 5.95. The molecule has 0 aromatic heterocycles. The van der Waals surface area contributed by atoms with Gasteiger partial charge in [0.2, 0.25) is 0 Å². The Bertz CT molecular complexity index is 390. The van der Waals surface area contributed by atoms with Gasteiger partial charge in [-0.15, -0.1) is 0 Å². The summed E-state index contributed by atoms with van der Waals surface area (Å²) in [6, 6.07) is 7.90. The number of hydrogen-bond acceptors (Lipinski definition) is 3. The molecule has 0 radical (unpaired) electrons. The van der Waals surface area contributed by atoms with Crippen molar-refractivity contribution in [2.75, 3.05) is 11.9 Å². The maximum absolute atomic E-state index is 11.8. The fourth-order valence-electron chi connectivity index (χ4n) is 2.03. The van der Waals surface area contributed by atoms with Gasteiger partial charge >= 0.3 is 5.97 Å². The third kappa shape index (κ3) is 5.33. The van der Waals surface area contributed by atoms with E-state index in [0.29, 0.717) is 18.2 Å². The van der Waals surface area contributed by atoms with Gasteiger partial charge < -0.3 is 10.1 Å². The third-order valence-electron chi connectivity index (χ3n) is 3.07. The quantitative estimate of drug-likeness (QED) is 0.563. The second kappa shape index (κ2) is 8.57. The van der Waals surface area contributed by atoms with Crippen LogP contribution in [0.25, 0.3) is 0 Å². The minimum Gasteiger partial charge on any atom is -0.462 e. The topological polar surface area (TPSA) is 38.3 Å². The average Bonchev–Trinajstić information content (AvgIpc) is 2.40. The molecule has 1 rings (SSSR count). The fraction of sp³-hybridized carbons (Fsp3) is 0.562. The molecule has 1 N–H and O–H groups in total. The summed E-state index contributed by atoms with van der Waals surface area (Å²) in [6.07, 6.45) is 4.81. The second-order valence-corrected chi connectivity index (χ2v) is 4.81. The first-order valence-electron chi connectivity index (χ1n) is 7.21. The van der Waals surface area contributed by atoms with E-state index in [1.54, 1.807) is 6.07 Å². The van der Waals surface area contributed by atoms with Crippen molar-refractivity contribution in [3.05, 3.63) is 29.8 Å². The lowest BCUT2D eigenvalue weighted by Gasteiger charge is -2.17. The molecule has 3 nitrogen and oxygen atoms in total. The van der Waals surface area contributed by atoms with Crippen molar-refractivity contribution in [1.29, 1.82) is 0 Å². The van der Waals surface area contributed by atoms with E-state index in [1.165, 1.54) is 19.3 Å². The molecular weight excluding hydrogens is 238 g/mol. The zero-order valence-electron chi connectivity index (χ0n) is 12.2. The Hall–Kier alpha value is -1.51. The van der Waals surface area contributed by atoms with Crippen molar-refractivity contribution in [2.45, 2.75) is 52.5 Å². The molecule has 0 bridgehead atoms. The smallest absolute Gasteiger partial charge is 0.340 e. The number of rotatable bonds is 8. The SMILES string of the molecule is CCCCCC(C)Nc1ccccc1C(=O)OCC. The maximum Gasteiger partial charge on any atom is 0.340 e. The number of ether oxygens (including phenoxy) is 1. The first-order valence-corrected chi connectivity index (χ1v) is 7.21. The zero-order chi connectivity index (χ0) is 14.1.